The zero-order valence-electron chi connectivity index (χ0n) is 5.14. The van der Waals surface area contributed by atoms with Crippen LogP contribution in [0.15, 0.2) is 16.7 Å². The maximum atomic E-state index is 10.7. The molecule has 0 bridgehead atoms. The summed E-state index contributed by atoms with van der Waals surface area (Å²) in [4.78, 5) is 14.4. The third-order valence-electron chi connectivity index (χ3n) is 1.03. The Morgan fingerprint density at radius 1 is 1.64 bits per heavy atom. The number of halogens is 3. The second-order valence-corrected chi connectivity index (χ2v) is 3.35. The van der Waals surface area contributed by atoms with E-state index in [1.165, 1.54) is 12.3 Å². The van der Waals surface area contributed by atoms with Gasteiger partial charge in [-0.1, -0.05) is 11.6 Å². The van der Waals surface area contributed by atoms with E-state index in [1.54, 1.807) is 0 Å². The van der Waals surface area contributed by atoms with Crippen molar-refractivity contribution in [2.45, 2.75) is 0 Å². The van der Waals surface area contributed by atoms with Gasteiger partial charge in [-0.15, -0.1) is 0 Å². The number of rotatable bonds is 1. The van der Waals surface area contributed by atoms with Gasteiger partial charge in [0.1, 0.15) is 5.15 Å². The molecule has 0 aliphatic heterocycles. The van der Waals surface area contributed by atoms with Gasteiger partial charge in [0, 0.05) is 10.7 Å². The van der Waals surface area contributed by atoms with Gasteiger partial charge in [-0.25, -0.2) is 4.98 Å². The molecule has 5 heteroatoms. The molecule has 0 aliphatic rings. The smallest absolute Gasteiger partial charge is 0.253 e. The van der Waals surface area contributed by atoms with Gasteiger partial charge < -0.3 is 0 Å². The fourth-order valence-corrected chi connectivity index (χ4v) is 1.39. The average molecular weight is 255 g/mol. The normalized spacial score (nSPS) is 9.73. The van der Waals surface area contributed by atoms with E-state index in [9.17, 15) is 4.79 Å². The van der Waals surface area contributed by atoms with Crippen molar-refractivity contribution in [3.8, 4) is 0 Å². The third kappa shape index (κ3) is 2.15. The first kappa shape index (κ1) is 8.97. The Morgan fingerprint density at radius 2 is 2.27 bits per heavy atom. The standard InChI is InChI=1S/C6H2BrCl2NO/c7-4-2-10-5(8)1-3(4)6(9)11/h1-2H. The summed E-state index contributed by atoms with van der Waals surface area (Å²) in [5.41, 5.74) is 0.326. The summed E-state index contributed by atoms with van der Waals surface area (Å²) in [5, 5.41) is -0.307. The Morgan fingerprint density at radius 3 is 2.73 bits per heavy atom. The molecule has 1 aromatic heterocycles. The highest BCUT2D eigenvalue weighted by Gasteiger charge is 2.07. The molecule has 1 rings (SSSR count). The SMILES string of the molecule is O=C(Cl)c1cc(Cl)ncc1Br. The lowest BCUT2D eigenvalue weighted by atomic mass is 10.3. The second-order valence-electron chi connectivity index (χ2n) is 1.76. The van der Waals surface area contributed by atoms with Crippen LogP contribution in [0, 0.1) is 0 Å². The molecule has 1 heterocycles. The van der Waals surface area contributed by atoms with Crippen molar-refractivity contribution in [2.75, 3.05) is 0 Å². The summed E-state index contributed by atoms with van der Waals surface area (Å²) in [6.07, 6.45) is 1.43. The lowest BCUT2D eigenvalue weighted by Gasteiger charge is -1.96. The summed E-state index contributed by atoms with van der Waals surface area (Å²) in [5.74, 6) is 0. The zero-order valence-corrected chi connectivity index (χ0v) is 8.24. The molecule has 0 aromatic carbocycles. The Kier molecular flexibility index (Phi) is 2.87. The van der Waals surface area contributed by atoms with Crippen LogP contribution in [0.1, 0.15) is 10.4 Å². The molecule has 0 fully saturated rings. The topological polar surface area (TPSA) is 30.0 Å². The van der Waals surface area contributed by atoms with Crippen LogP contribution in [0.3, 0.4) is 0 Å². The molecule has 0 atom stereocenters. The maximum Gasteiger partial charge on any atom is 0.253 e. The molecule has 2 nitrogen and oxygen atoms in total. The number of carbonyl (C=O) groups is 1. The van der Waals surface area contributed by atoms with Gasteiger partial charge in [-0.3, -0.25) is 4.79 Å². The second kappa shape index (κ2) is 3.52. The molecule has 0 radical (unpaired) electrons. The molecule has 58 valence electrons. The molecular weight excluding hydrogens is 253 g/mol. The predicted octanol–water partition coefficient (Wildman–Crippen LogP) is 2.88. The van der Waals surface area contributed by atoms with Gasteiger partial charge in [0.05, 0.1) is 5.56 Å². The van der Waals surface area contributed by atoms with Crippen LogP contribution in [-0.2, 0) is 0 Å². The Labute approximate surface area is 81.7 Å². The quantitative estimate of drug-likeness (QED) is 0.570. The van der Waals surface area contributed by atoms with Gasteiger partial charge in [-0.05, 0) is 33.6 Å². The van der Waals surface area contributed by atoms with Crippen LogP contribution in [0.2, 0.25) is 5.15 Å². The number of aromatic nitrogens is 1. The van der Waals surface area contributed by atoms with E-state index in [-0.39, 0.29) is 5.15 Å². The highest BCUT2D eigenvalue weighted by atomic mass is 79.9. The molecule has 0 saturated carbocycles. The number of hydrogen-bond acceptors (Lipinski definition) is 2. The minimum absolute atomic E-state index is 0.247. The van der Waals surface area contributed by atoms with E-state index in [2.05, 4.69) is 20.9 Å². The van der Waals surface area contributed by atoms with Gasteiger partial charge in [-0.2, -0.15) is 0 Å². The lowest BCUT2D eigenvalue weighted by molar-refractivity contribution is 0.108. The van der Waals surface area contributed by atoms with E-state index in [0.29, 0.717) is 10.0 Å². The van der Waals surface area contributed by atoms with Crippen LogP contribution in [0.4, 0.5) is 0 Å². The molecule has 0 amide bonds. The van der Waals surface area contributed by atoms with E-state index in [0.717, 1.165) is 0 Å². The Hall–Kier alpha value is -0.120. The van der Waals surface area contributed by atoms with Crippen molar-refractivity contribution in [3.63, 3.8) is 0 Å². The van der Waals surface area contributed by atoms with Crippen LogP contribution >= 0.6 is 39.1 Å². The van der Waals surface area contributed by atoms with Crippen molar-refractivity contribution in [2.24, 2.45) is 0 Å². The first-order valence-corrected chi connectivity index (χ1v) is 4.17. The van der Waals surface area contributed by atoms with Crippen molar-refractivity contribution >= 4 is 44.4 Å². The van der Waals surface area contributed by atoms with Crippen molar-refractivity contribution in [3.05, 3.63) is 27.5 Å². The zero-order chi connectivity index (χ0) is 8.43. The van der Waals surface area contributed by atoms with Crippen LogP contribution < -0.4 is 0 Å². The lowest BCUT2D eigenvalue weighted by Crippen LogP contribution is -1.91. The minimum Gasteiger partial charge on any atom is -0.276 e. The first-order chi connectivity index (χ1) is 5.11. The van der Waals surface area contributed by atoms with Crippen molar-refractivity contribution in [1.82, 2.24) is 4.98 Å². The number of hydrogen-bond donors (Lipinski definition) is 0. The summed E-state index contributed by atoms with van der Waals surface area (Å²) in [6.45, 7) is 0. The number of nitrogens with zero attached hydrogens (tertiary/aromatic N) is 1. The van der Waals surface area contributed by atoms with Gasteiger partial charge in [0.15, 0.2) is 0 Å². The third-order valence-corrected chi connectivity index (χ3v) is 2.08. The van der Waals surface area contributed by atoms with E-state index >= 15 is 0 Å². The molecule has 0 N–H and O–H groups in total. The Balaban J connectivity index is 3.23. The van der Waals surface area contributed by atoms with Gasteiger partial charge in [0.2, 0.25) is 0 Å². The maximum absolute atomic E-state index is 10.7. The minimum atomic E-state index is -0.554. The molecule has 1 aromatic rings. The summed E-state index contributed by atoms with van der Waals surface area (Å²) in [6, 6.07) is 1.40. The average Bonchev–Trinajstić information content (AvgIpc) is 1.94. The molecule has 0 spiro atoms. The molecule has 0 aliphatic carbocycles. The number of pyridine rings is 1. The highest BCUT2D eigenvalue weighted by molar-refractivity contribution is 9.10. The first-order valence-electron chi connectivity index (χ1n) is 2.62. The Bertz CT molecular complexity index is 303. The summed E-state index contributed by atoms with van der Waals surface area (Å²) >= 11 is 13.8. The fraction of sp³-hybridized carbons (Fsp3) is 0. The van der Waals surface area contributed by atoms with Crippen LogP contribution in [0.25, 0.3) is 0 Å². The van der Waals surface area contributed by atoms with Crippen molar-refractivity contribution < 1.29 is 4.79 Å². The molecule has 0 saturated heterocycles. The van der Waals surface area contributed by atoms with E-state index in [4.69, 9.17) is 23.2 Å². The summed E-state index contributed by atoms with van der Waals surface area (Å²) in [7, 11) is 0. The van der Waals surface area contributed by atoms with E-state index < -0.39 is 5.24 Å². The van der Waals surface area contributed by atoms with Crippen LogP contribution in [-0.4, -0.2) is 10.2 Å². The molecular formula is C6H2BrCl2NO. The van der Waals surface area contributed by atoms with Crippen LogP contribution in [0.5, 0.6) is 0 Å². The largest absolute Gasteiger partial charge is 0.276 e. The molecule has 11 heavy (non-hydrogen) atoms. The monoisotopic (exact) mass is 253 g/mol. The fourth-order valence-electron chi connectivity index (χ4n) is 0.564. The number of carbonyl (C=O) groups excluding carboxylic acids is 1. The highest BCUT2D eigenvalue weighted by Crippen LogP contribution is 2.19. The predicted molar refractivity (Wildman–Crippen MR) is 47.1 cm³/mol. The van der Waals surface area contributed by atoms with Gasteiger partial charge in [0.25, 0.3) is 5.24 Å². The van der Waals surface area contributed by atoms with Crippen molar-refractivity contribution in [1.29, 1.82) is 0 Å². The molecule has 0 unspecified atom stereocenters. The summed E-state index contributed by atoms with van der Waals surface area (Å²) < 4.78 is 0.543. The van der Waals surface area contributed by atoms with Gasteiger partial charge >= 0.3 is 0 Å². The van der Waals surface area contributed by atoms with E-state index in [1.807, 2.05) is 0 Å².